The highest BCUT2D eigenvalue weighted by Gasteiger charge is 2.24. The van der Waals surface area contributed by atoms with E-state index in [-0.39, 0.29) is 6.61 Å². The van der Waals surface area contributed by atoms with Crippen molar-refractivity contribution >= 4 is 17.3 Å². The van der Waals surface area contributed by atoms with Crippen LogP contribution in [0.1, 0.15) is 24.2 Å². The van der Waals surface area contributed by atoms with Crippen LogP contribution in [0, 0.1) is 0 Å². The molecule has 3 N–H and O–H groups in total. The summed E-state index contributed by atoms with van der Waals surface area (Å²) in [5.41, 5.74) is 7.11. The molecule has 0 amide bonds. The summed E-state index contributed by atoms with van der Waals surface area (Å²) in [7, 11) is 3.16. The van der Waals surface area contributed by atoms with Crippen molar-refractivity contribution < 1.29 is 14.6 Å². The third kappa shape index (κ3) is 2.73. The Hall–Kier alpha value is -1.75. The van der Waals surface area contributed by atoms with Gasteiger partial charge >= 0.3 is 5.97 Å². The zero-order valence-corrected chi connectivity index (χ0v) is 11.2. The van der Waals surface area contributed by atoms with Crippen molar-refractivity contribution in [2.45, 2.75) is 19.4 Å². The number of likely N-dealkylation sites (N-methyl/N-ethyl adjacent to an activating group) is 1. The SMILES string of the molecule is COC(=O)c1ccc(N)c(N(C)C(C)(C)CO)c1. The van der Waals surface area contributed by atoms with Crippen molar-refractivity contribution in [1.29, 1.82) is 0 Å². The molecule has 0 radical (unpaired) electrons. The van der Waals surface area contributed by atoms with Gasteiger partial charge in [0, 0.05) is 7.05 Å². The quantitative estimate of drug-likeness (QED) is 0.623. The van der Waals surface area contributed by atoms with E-state index in [9.17, 15) is 9.90 Å². The normalized spacial score (nSPS) is 11.2. The number of hydrogen-bond donors (Lipinski definition) is 2. The molecule has 5 heteroatoms. The van der Waals surface area contributed by atoms with Crippen molar-refractivity contribution in [3.05, 3.63) is 23.8 Å². The van der Waals surface area contributed by atoms with Crippen LogP contribution in [0.2, 0.25) is 0 Å². The van der Waals surface area contributed by atoms with Gasteiger partial charge in [-0.2, -0.15) is 0 Å². The van der Waals surface area contributed by atoms with E-state index in [0.717, 1.165) is 0 Å². The maximum atomic E-state index is 11.5. The van der Waals surface area contributed by atoms with Gasteiger partial charge in [0.2, 0.25) is 0 Å². The molecule has 0 fully saturated rings. The highest BCUT2D eigenvalue weighted by Crippen LogP contribution is 2.29. The molecule has 1 rings (SSSR count). The van der Waals surface area contributed by atoms with E-state index in [2.05, 4.69) is 4.74 Å². The lowest BCUT2D eigenvalue weighted by atomic mass is 10.0. The van der Waals surface area contributed by atoms with E-state index in [1.165, 1.54) is 7.11 Å². The maximum absolute atomic E-state index is 11.5. The van der Waals surface area contributed by atoms with E-state index in [4.69, 9.17) is 5.73 Å². The lowest BCUT2D eigenvalue weighted by molar-refractivity contribution is 0.0601. The lowest BCUT2D eigenvalue weighted by Gasteiger charge is -2.36. The van der Waals surface area contributed by atoms with Gasteiger partial charge in [-0.05, 0) is 32.0 Å². The fourth-order valence-electron chi connectivity index (χ4n) is 1.51. The highest BCUT2D eigenvalue weighted by molar-refractivity contribution is 5.92. The van der Waals surface area contributed by atoms with E-state index in [1.54, 1.807) is 18.2 Å². The average molecular weight is 252 g/mol. The zero-order valence-electron chi connectivity index (χ0n) is 11.2. The summed E-state index contributed by atoms with van der Waals surface area (Å²) in [6.07, 6.45) is 0. The van der Waals surface area contributed by atoms with Gasteiger partial charge < -0.3 is 20.5 Å². The number of methoxy groups -OCH3 is 1. The van der Waals surface area contributed by atoms with Crippen molar-refractivity contribution in [2.24, 2.45) is 0 Å². The number of aliphatic hydroxyl groups is 1. The van der Waals surface area contributed by atoms with Gasteiger partial charge in [0.05, 0.1) is 36.2 Å². The Morgan fingerprint density at radius 1 is 1.50 bits per heavy atom. The molecular weight excluding hydrogens is 232 g/mol. The molecule has 5 nitrogen and oxygen atoms in total. The molecule has 0 saturated carbocycles. The van der Waals surface area contributed by atoms with Crippen LogP contribution in [0.5, 0.6) is 0 Å². The molecular formula is C13H20N2O3. The smallest absolute Gasteiger partial charge is 0.337 e. The van der Waals surface area contributed by atoms with Crippen molar-refractivity contribution in [3.63, 3.8) is 0 Å². The molecule has 1 aromatic carbocycles. The minimum atomic E-state index is -0.469. The molecule has 0 bridgehead atoms. The first kappa shape index (κ1) is 14.3. The third-order valence-electron chi connectivity index (χ3n) is 3.11. The Morgan fingerprint density at radius 3 is 2.61 bits per heavy atom. The van der Waals surface area contributed by atoms with Crippen molar-refractivity contribution in [3.8, 4) is 0 Å². The van der Waals surface area contributed by atoms with E-state index >= 15 is 0 Å². The lowest BCUT2D eigenvalue weighted by Crippen LogP contribution is -2.44. The Kier molecular flexibility index (Phi) is 4.19. The molecule has 0 aromatic heterocycles. The fraction of sp³-hybridized carbons (Fsp3) is 0.462. The summed E-state index contributed by atoms with van der Waals surface area (Å²) in [4.78, 5) is 13.3. The molecule has 100 valence electrons. The number of carbonyl (C=O) groups excluding carboxylic acids is 1. The van der Waals surface area contributed by atoms with Crippen LogP contribution >= 0.6 is 0 Å². The summed E-state index contributed by atoms with van der Waals surface area (Å²) in [6, 6.07) is 4.94. The van der Waals surface area contributed by atoms with Gasteiger partial charge in [0.25, 0.3) is 0 Å². The van der Waals surface area contributed by atoms with Crippen LogP contribution in [0.25, 0.3) is 0 Å². The predicted molar refractivity (Wildman–Crippen MR) is 71.8 cm³/mol. The summed E-state index contributed by atoms with van der Waals surface area (Å²) in [6.45, 7) is 3.75. The predicted octanol–water partition coefficient (Wildman–Crippen LogP) is 1.26. The Bertz CT molecular complexity index is 444. The minimum Gasteiger partial charge on any atom is -0.465 e. The Morgan fingerprint density at radius 2 is 2.11 bits per heavy atom. The number of hydrogen-bond acceptors (Lipinski definition) is 5. The van der Waals surface area contributed by atoms with E-state index in [1.807, 2.05) is 25.8 Å². The first-order valence-electron chi connectivity index (χ1n) is 5.66. The molecule has 0 spiro atoms. The summed E-state index contributed by atoms with van der Waals surface area (Å²) in [5, 5.41) is 9.37. The molecule has 18 heavy (non-hydrogen) atoms. The number of ether oxygens (including phenoxy) is 1. The monoisotopic (exact) mass is 252 g/mol. The van der Waals surface area contributed by atoms with Crippen molar-refractivity contribution in [1.82, 2.24) is 0 Å². The third-order valence-corrected chi connectivity index (χ3v) is 3.11. The van der Waals surface area contributed by atoms with Gasteiger partial charge in [-0.3, -0.25) is 0 Å². The Labute approximate surface area is 107 Å². The standard InChI is InChI=1S/C13H20N2O3/c1-13(2,8-16)15(3)11-7-9(12(17)18-4)5-6-10(11)14/h5-7,16H,8,14H2,1-4H3. The second-order valence-corrected chi connectivity index (χ2v) is 4.79. The van der Waals surface area contributed by atoms with Gasteiger partial charge in [0.1, 0.15) is 0 Å². The summed E-state index contributed by atoms with van der Waals surface area (Å²) in [5.74, 6) is -0.411. The van der Waals surface area contributed by atoms with Gasteiger partial charge in [0.15, 0.2) is 0 Å². The minimum absolute atomic E-state index is 0.0224. The molecule has 1 aromatic rings. The van der Waals surface area contributed by atoms with Crippen LogP contribution in [0.4, 0.5) is 11.4 Å². The topological polar surface area (TPSA) is 75.8 Å². The zero-order chi connectivity index (χ0) is 13.9. The Balaban J connectivity index is 3.19. The molecule has 0 unspecified atom stereocenters. The van der Waals surface area contributed by atoms with Crippen molar-refractivity contribution in [2.75, 3.05) is 31.4 Å². The summed E-state index contributed by atoms with van der Waals surface area (Å²) < 4.78 is 4.68. The number of esters is 1. The number of nitrogens with zero attached hydrogens (tertiary/aromatic N) is 1. The van der Waals surface area contributed by atoms with Gasteiger partial charge in [-0.1, -0.05) is 0 Å². The highest BCUT2D eigenvalue weighted by atomic mass is 16.5. The summed E-state index contributed by atoms with van der Waals surface area (Å²) >= 11 is 0. The number of anilines is 2. The molecule has 0 aliphatic rings. The number of aliphatic hydroxyl groups excluding tert-OH is 1. The second kappa shape index (κ2) is 5.27. The van der Waals surface area contributed by atoms with Gasteiger partial charge in [-0.15, -0.1) is 0 Å². The molecule has 0 aliphatic heterocycles. The second-order valence-electron chi connectivity index (χ2n) is 4.79. The molecule has 0 aliphatic carbocycles. The van der Waals surface area contributed by atoms with Crippen LogP contribution in [0.3, 0.4) is 0 Å². The maximum Gasteiger partial charge on any atom is 0.337 e. The van der Waals surface area contributed by atoms with Crippen LogP contribution < -0.4 is 10.6 Å². The van der Waals surface area contributed by atoms with Crippen LogP contribution in [-0.4, -0.2) is 37.4 Å². The number of benzene rings is 1. The van der Waals surface area contributed by atoms with E-state index in [0.29, 0.717) is 16.9 Å². The first-order chi connectivity index (χ1) is 8.33. The number of carbonyl (C=O) groups is 1. The van der Waals surface area contributed by atoms with E-state index < -0.39 is 11.5 Å². The number of nitrogen functional groups attached to an aromatic ring is 1. The fourth-order valence-corrected chi connectivity index (χ4v) is 1.51. The first-order valence-corrected chi connectivity index (χ1v) is 5.66. The molecule has 0 heterocycles. The average Bonchev–Trinajstić information content (AvgIpc) is 2.37. The molecule has 0 saturated heterocycles. The largest absolute Gasteiger partial charge is 0.465 e. The van der Waals surface area contributed by atoms with Gasteiger partial charge in [-0.25, -0.2) is 4.79 Å². The molecule has 0 atom stereocenters. The van der Waals surface area contributed by atoms with Crippen LogP contribution in [0.15, 0.2) is 18.2 Å². The number of nitrogens with two attached hydrogens (primary N) is 1. The number of rotatable bonds is 4. The van der Waals surface area contributed by atoms with Crippen LogP contribution in [-0.2, 0) is 4.74 Å².